The molecule has 0 aliphatic rings. The van der Waals surface area contributed by atoms with E-state index in [0.29, 0.717) is 34.6 Å². The molecule has 1 atom stereocenters. The molecule has 0 bridgehead atoms. The van der Waals surface area contributed by atoms with Crippen LogP contribution in [0.5, 0.6) is 0 Å². The molecular formula is C21H40ClN8O4P. The monoisotopic (exact) mass is 534 g/mol. The van der Waals surface area contributed by atoms with Crippen molar-refractivity contribution in [2.24, 2.45) is 4.99 Å². The summed E-state index contributed by atoms with van der Waals surface area (Å²) in [4.78, 5) is 19.2. The number of ether oxygens (including phenoxy) is 1. The largest absolute Gasteiger partial charge is 1.00 e. The predicted octanol–water partition coefficient (Wildman–Crippen LogP) is -0.274. The van der Waals surface area contributed by atoms with Crippen LogP contribution in [-0.2, 0) is 24.9 Å². The van der Waals surface area contributed by atoms with Gasteiger partial charge in [-0.3, -0.25) is 4.57 Å². The Labute approximate surface area is 214 Å². The van der Waals surface area contributed by atoms with E-state index in [0.717, 1.165) is 0 Å². The molecule has 0 saturated heterocycles. The van der Waals surface area contributed by atoms with Crippen molar-refractivity contribution in [2.45, 2.75) is 52.6 Å². The summed E-state index contributed by atoms with van der Waals surface area (Å²) < 4.78 is 33.2. The maximum Gasteiger partial charge on any atom is 0.356 e. The zero-order chi connectivity index (χ0) is 25.7. The van der Waals surface area contributed by atoms with Gasteiger partial charge < -0.3 is 45.9 Å². The van der Waals surface area contributed by atoms with Crippen LogP contribution < -0.4 is 18.1 Å². The maximum absolute atomic E-state index is 13.3. The van der Waals surface area contributed by atoms with Gasteiger partial charge >= 0.3 is 7.60 Å². The van der Waals surface area contributed by atoms with E-state index in [2.05, 4.69) is 41.1 Å². The summed E-state index contributed by atoms with van der Waals surface area (Å²) in [5.41, 5.74) is 7.03. The minimum Gasteiger partial charge on any atom is -1.00 e. The molecule has 0 aliphatic carbocycles. The van der Waals surface area contributed by atoms with Gasteiger partial charge in [0.2, 0.25) is 5.95 Å². The second-order valence-corrected chi connectivity index (χ2v) is 11.9. The summed E-state index contributed by atoms with van der Waals surface area (Å²) in [5.74, 6) is 0.489. The topological polar surface area (TPSA) is 130 Å². The number of aromatic nitrogens is 4. The molecule has 0 aromatic carbocycles. The van der Waals surface area contributed by atoms with E-state index in [-0.39, 0.29) is 43.0 Å². The van der Waals surface area contributed by atoms with E-state index in [1.807, 2.05) is 46.4 Å². The number of likely N-dealkylation sites (N-methyl/N-ethyl adjacent to an activating group) is 1. The quantitative estimate of drug-likeness (QED) is 0.160. The van der Waals surface area contributed by atoms with Gasteiger partial charge in [-0.1, -0.05) is 0 Å². The number of nitrogen functional groups attached to an aromatic ring is 1. The van der Waals surface area contributed by atoms with Gasteiger partial charge in [0.25, 0.3) is 0 Å². The zero-order valence-electron chi connectivity index (χ0n) is 22.2. The van der Waals surface area contributed by atoms with Gasteiger partial charge in [-0.2, -0.15) is 9.97 Å². The third-order valence-corrected chi connectivity index (χ3v) is 6.19. The Bertz CT molecular complexity index is 1010. The summed E-state index contributed by atoms with van der Waals surface area (Å²) in [5, 5.41) is 0. The lowest BCUT2D eigenvalue weighted by Crippen LogP contribution is -3.00. The molecule has 35 heavy (non-hydrogen) atoms. The lowest BCUT2D eigenvalue weighted by Gasteiger charge is -2.31. The highest BCUT2D eigenvalue weighted by Crippen LogP contribution is 2.50. The van der Waals surface area contributed by atoms with E-state index >= 15 is 0 Å². The van der Waals surface area contributed by atoms with Crippen LogP contribution in [0.4, 0.5) is 11.8 Å². The molecule has 0 saturated carbocycles. The standard InChI is InChI=1S/C21H40N8O4P.ClH/c1-15(2)32-34(30,33-16(3)4)14-31-17(11-29(7,8)9)10-28-13-23-18-19(24-12-27(5)6)25-21(22)26-20(18)28;/h12-13,15-17H,10-11,14H2,1-9H3,(H2,22,25,26);1H/q+1;/p-1/b24-12+;. The third kappa shape index (κ3) is 10.4. The number of hydrogen-bond donors (Lipinski definition) is 1. The second-order valence-electron chi connectivity index (χ2n) is 9.99. The fourth-order valence-corrected chi connectivity index (χ4v) is 5.11. The molecule has 0 fully saturated rings. The number of fused-ring (bicyclic) bond motifs is 1. The van der Waals surface area contributed by atoms with E-state index in [1.165, 1.54) is 0 Å². The molecule has 0 radical (unpaired) electrons. The first-order chi connectivity index (χ1) is 15.7. The van der Waals surface area contributed by atoms with Gasteiger partial charge in [0.05, 0.1) is 52.6 Å². The third-order valence-electron chi connectivity index (χ3n) is 4.24. The molecule has 2 heterocycles. The molecule has 0 aliphatic heterocycles. The molecular weight excluding hydrogens is 495 g/mol. The Morgan fingerprint density at radius 3 is 2.29 bits per heavy atom. The molecule has 14 heteroatoms. The number of nitrogens with zero attached hydrogens (tertiary/aromatic N) is 7. The average Bonchev–Trinajstić information content (AvgIpc) is 3.04. The first kappa shape index (κ1) is 31.2. The van der Waals surface area contributed by atoms with E-state index in [1.54, 1.807) is 17.6 Å². The van der Waals surface area contributed by atoms with Crippen molar-refractivity contribution >= 4 is 36.9 Å². The highest BCUT2D eigenvalue weighted by molar-refractivity contribution is 7.53. The van der Waals surface area contributed by atoms with Crippen LogP contribution in [0.25, 0.3) is 11.2 Å². The van der Waals surface area contributed by atoms with Crippen molar-refractivity contribution in [3.8, 4) is 0 Å². The van der Waals surface area contributed by atoms with Crippen LogP contribution >= 0.6 is 7.60 Å². The Balaban J connectivity index is 0.00000612. The number of quaternary nitrogens is 1. The predicted molar refractivity (Wildman–Crippen MR) is 134 cm³/mol. The number of nitrogens with two attached hydrogens (primary N) is 1. The smallest absolute Gasteiger partial charge is 0.356 e. The maximum atomic E-state index is 13.3. The summed E-state index contributed by atoms with van der Waals surface area (Å²) in [6, 6.07) is 0. The van der Waals surface area contributed by atoms with Crippen molar-refractivity contribution in [2.75, 3.05) is 53.9 Å². The number of hydrogen-bond acceptors (Lipinski definition) is 9. The molecule has 2 rings (SSSR count). The van der Waals surface area contributed by atoms with Gasteiger partial charge in [-0.05, 0) is 27.7 Å². The number of aliphatic imine (C=N–C) groups is 1. The van der Waals surface area contributed by atoms with Gasteiger partial charge in [0, 0.05) is 14.1 Å². The average molecular weight is 535 g/mol. The van der Waals surface area contributed by atoms with Crippen LogP contribution in [0.15, 0.2) is 11.3 Å². The summed E-state index contributed by atoms with van der Waals surface area (Å²) in [7, 11) is 6.46. The lowest BCUT2D eigenvalue weighted by atomic mass is 10.3. The van der Waals surface area contributed by atoms with E-state index in [4.69, 9.17) is 19.5 Å². The van der Waals surface area contributed by atoms with Gasteiger partial charge in [-0.15, -0.1) is 0 Å². The lowest BCUT2D eigenvalue weighted by molar-refractivity contribution is -0.873. The first-order valence-corrected chi connectivity index (χ1v) is 13.0. The first-order valence-electron chi connectivity index (χ1n) is 11.2. The number of rotatable bonds is 13. The normalized spacial score (nSPS) is 13.7. The van der Waals surface area contributed by atoms with Crippen molar-refractivity contribution in [1.29, 1.82) is 0 Å². The highest BCUT2D eigenvalue weighted by atomic mass is 35.5. The molecule has 2 aromatic rings. The van der Waals surface area contributed by atoms with Crippen molar-refractivity contribution in [1.82, 2.24) is 24.4 Å². The minimum absolute atomic E-state index is 0. The number of imidazole rings is 1. The molecule has 2 aromatic heterocycles. The van der Waals surface area contributed by atoms with Crippen LogP contribution in [0, 0.1) is 0 Å². The summed E-state index contributed by atoms with van der Waals surface area (Å²) >= 11 is 0. The number of anilines is 1. The van der Waals surface area contributed by atoms with Crippen molar-refractivity contribution < 1.29 is 35.2 Å². The summed E-state index contributed by atoms with van der Waals surface area (Å²) in [6.07, 6.45) is 2.28. The molecule has 2 N–H and O–H groups in total. The Morgan fingerprint density at radius 2 is 1.77 bits per heavy atom. The van der Waals surface area contributed by atoms with Gasteiger partial charge in [0.1, 0.15) is 19.0 Å². The fourth-order valence-electron chi connectivity index (χ4n) is 3.26. The molecule has 0 amide bonds. The zero-order valence-corrected chi connectivity index (χ0v) is 23.8. The van der Waals surface area contributed by atoms with Crippen LogP contribution in [-0.4, -0.2) is 102 Å². The van der Waals surface area contributed by atoms with Crippen LogP contribution in [0.1, 0.15) is 27.7 Å². The minimum atomic E-state index is -3.45. The summed E-state index contributed by atoms with van der Waals surface area (Å²) in [6.45, 7) is 8.31. The molecule has 1 unspecified atom stereocenters. The van der Waals surface area contributed by atoms with Gasteiger partial charge in [-0.25, -0.2) is 9.98 Å². The van der Waals surface area contributed by atoms with Crippen LogP contribution in [0.2, 0.25) is 0 Å². The molecule has 12 nitrogen and oxygen atoms in total. The Hall–Kier alpha value is -1.82. The number of halogens is 1. The Morgan fingerprint density at radius 1 is 1.17 bits per heavy atom. The van der Waals surface area contributed by atoms with Crippen molar-refractivity contribution in [3.63, 3.8) is 0 Å². The fraction of sp³-hybridized carbons (Fsp3) is 0.714. The van der Waals surface area contributed by atoms with E-state index in [9.17, 15) is 4.57 Å². The van der Waals surface area contributed by atoms with Crippen LogP contribution in [0.3, 0.4) is 0 Å². The van der Waals surface area contributed by atoms with E-state index < -0.39 is 7.60 Å². The Kier molecular flexibility index (Phi) is 11.5. The van der Waals surface area contributed by atoms with Gasteiger partial charge in [0.15, 0.2) is 17.0 Å². The SMILES string of the molecule is CC(C)OP(=O)(COC(Cn1cnc2c(/N=C/N(C)C)nc(N)nc21)C[N+](C)(C)C)OC(C)C.[Cl-]. The molecule has 200 valence electrons. The molecule has 0 spiro atoms. The second kappa shape index (κ2) is 12.9. The van der Waals surface area contributed by atoms with Crippen molar-refractivity contribution in [3.05, 3.63) is 6.33 Å². The highest BCUT2D eigenvalue weighted by Gasteiger charge is 2.31.